The van der Waals surface area contributed by atoms with E-state index in [2.05, 4.69) is 61.6 Å². The van der Waals surface area contributed by atoms with Crippen LogP contribution in [0.3, 0.4) is 0 Å². The number of allylic oxidation sites excluding steroid dienone is 5. The number of benzene rings is 1. The third-order valence-corrected chi connectivity index (χ3v) is 2.58. The first-order chi connectivity index (χ1) is 7.36. The molecular weight excluding hydrogens is 180 g/mol. The lowest BCUT2D eigenvalue weighted by Crippen LogP contribution is -1.79. The largest absolute Gasteiger partial charge is 0.0808 e. The van der Waals surface area contributed by atoms with Crippen LogP contribution in [0.4, 0.5) is 0 Å². The molecule has 0 aromatic heterocycles. The van der Waals surface area contributed by atoms with Crippen molar-refractivity contribution in [3.63, 3.8) is 0 Å². The van der Waals surface area contributed by atoms with E-state index in [-0.39, 0.29) is 0 Å². The second-order valence-corrected chi connectivity index (χ2v) is 3.96. The summed E-state index contributed by atoms with van der Waals surface area (Å²) in [4.78, 5) is 0. The maximum atomic E-state index is 2.26. The first-order valence-electron chi connectivity index (χ1n) is 5.43. The average molecular weight is 196 g/mol. The van der Waals surface area contributed by atoms with Crippen LogP contribution >= 0.6 is 0 Å². The maximum absolute atomic E-state index is 2.26. The molecule has 0 fully saturated rings. The van der Waals surface area contributed by atoms with Crippen LogP contribution < -0.4 is 0 Å². The lowest BCUT2D eigenvalue weighted by molar-refractivity contribution is 1.20. The van der Waals surface area contributed by atoms with Gasteiger partial charge in [0.1, 0.15) is 0 Å². The number of fused-ring (bicyclic) bond motifs is 1. The fourth-order valence-electron chi connectivity index (χ4n) is 1.85. The van der Waals surface area contributed by atoms with Crippen LogP contribution in [0, 0.1) is 0 Å². The molecule has 3 rings (SSSR count). The maximum Gasteiger partial charge on any atom is -0.00606 e. The Kier molecular flexibility index (Phi) is 3.18. The van der Waals surface area contributed by atoms with E-state index in [0.29, 0.717) is 0 Å². The summed E-state index contributed by atoms with van der Waals surface area (Å²) in [5.74, 6) is 0. The summed E-state index contributed by atoms with van der Waals surface area (Å²) in [6.07, 6.45) is 12.9. The Morgan fingerprint density at radius 2 is 1.73 bits per heavy atom. The normalized spacial score (nSPS) is 15.7. The predicted molar refractivity (Wildman–Crippen MR) is 66.7 cm³/mol. The smallest absolute Gasteiger partial charge is 0.00606 e. The molecule has 0 amide bonds. The molecule has 2 aliphatic carbocycles. The summed E-state index contributed by atoms with van der Waals surface area (Å²) >= 11 is 0. The minimum atomic E-state index is 1.14. The molecule has 0 aliphatic heterocycles. The van der Waals surface area contributed by atoms with Crippen LogP contribution in [-0.2, 0) is 6.42 Å². The zero-order valence-electron chi connectivity index (χ0n) is 9.11. The number of rotatable bonds is 0. The summed E-state index contributed by atoms with van der Waals surface area (Å²) in [7, 11) is 0. The second-order valence-electron chi connectivity index (χ2n) is 3.96. The van der Waals surface area contributed by atoms with Gasteiger partial charge >= 0.3 is 0 Å². The van der Waals surface area contributed by atoms with Gasteiger partial charge in [0.05, 0.1) is 0 Å². The molecule has 0 saturated carbocycles. The van der Waals surface area contributed by atoms with Crippen molar-refractivity contribution < 1.29 is 0 Å². The highest BCUT2D eigenvalue weighted by atomic mass is 14.1. The minimum absolute atomic E-state index is 1.14. The third kappa shape index (κ3) is 2.69. The Morgan fingerprint density at radius 3 is 2.33 bits per heavy atom. The first-order valence-corrected chi connectivity index (χ1v) is 5.43. The molecule has 2 aliphatic rings. The predicted octanol–water partition coefficient (Wildman–Crippen LogP) is 4.15. The average Bonchev–Trinajstić information content (AvgIpc) is 2.87. The van der Waals surface area contributed by atoms with E-state index in [4.69, 9.17) is 0 Å². The topological polar surface area (TPSA) is 0 Å². The minimum Gasteiger partial charge on any atom is -0.0808 e. The van der Waals surface area contributed by atoms with Crippen LogP contribution in [0.5, 0.6) is 0 Å². The van der Waals surface area contributed by atoms with Crippen molar-refractivity contribution in [1.82, 2.24) is 0 Å². The van der Waals surface area contributed by atoms with Gasteiger partial charge in [-0.15, -0.1) is 0 Å². The van der Waals surface area contributed by atoms with Crippen LogP contribution in [0.1, 0.15) is 24.5 Å². The zero-order valence-corrected chi connectivity index (χ0v) is 9.11. The second kappa shape index (κ2) is 4.79. The van der Waals surface area contributed by atoms with Gasteiger partial charge in [-0.05, 0) is 30.9 Å². The van der Waals surface area contributed by atoms with Gasteiger partial charge in [0.25, 0.3) is 0 Å². The molecule has 0 bridgehead atoms. The lowest BCUT2D eigenvalue weighted by atomic mass is 10.1. The van der Waals surface area contributed by atoms with Crippen molar-refractivity contribution in [3.8, 4) is 0 Å². The molecule has 1 aromatic carbocycles. The van der Waals surface area contributed by atoms with Gasteiger partial charge in [-0.1, -0.05) is 60.2 Å². The quantitative estimate of drug-likeness (QED) is 0.584. The molecule has 0 radical (unpaired) electrons. The Hall–Kier alpha value is -1.56. The molecule has 0 heteroatoms. The van der Waals surface area contributed by atoms with E-state index in [1.807, 2.05) is 0 Å². The SMILES string of the molecule is C1=CCC=C1.CC1=Cc2ccccc2C1. The molecule has 0 heterocycles. The highest BCUT2D eigenvalue weighted by molar-refractivity contribution is 5.62. The molecule has 0 unspecified atom stereocenters. The van der Waals surface area contributed by atoms with Gasteiger partial charge in [0, 0.05) is 0 Å². The molecule has 1 aromatic rings. The van der Waals surface area contributed by atoms with Crippen LogP contribution in [0.2, 0.25) is 0 Å². The summed E-state index contributed by atoms with van der Waals surface area (Å²) in [6, 6.07) is 8.56. The molecule has 76 valence electrons. The molecule has 0 spiro atoms. The Morgan fingerprint density at radius 1 is 1.00 bits per heavy atom. The standard InChI is InChI=1S/C10H10.C5H6/c1-8-6-9-4-2-3-5-10(9)7-8;1-2-4-5-3-1/h2-6H,7H2,1H3;1-4H,5H2. The van der Waals surface area contributed by atoms with E-state index in [0.717, 1.165) is 12.8 Å². The van der Waals surface area contributed by atoms with Crippen molar-refractivity contribution in [1.29, 1.82) is 0 Å². The highest BCUT2D eigenvalue weighted by Gasteiger charge is 2.06. The van der Waals surface area contributed by atoms with E-state index in [9.17, 15) is 0 Å². The molecule has 0 saturated heterocycles. The lowest BCUT2D eigenvalue weighted by Gasteiger charge is -1.93. The van der Waals surface area contributed by atoms with Crippen LogP contribution in [0.25, 0.3) is 6.08 Å². The van der Waals surface area contributed by atoms with E-state index < -0.39 is 0 Å². The van der Waals surface area contributed by atoms with Gasteiger partial charge < -0.3 is 0 Å². The van der Waals surface area contributed by atoms with E-state index in [1.54, 1.807) is 0 Å². The molecule has 0 atom stereocenters. The first kappa shape index (κ1) is 9.97. The van der Waals surface area contributed by atoms with Gasteiger partial charge in [-0.25, -0.2) is 0 Å². The van der Waals surface area contributed by atoms with Gasteiger partial charge in [-0.3, -0.25) is 0 Å². The number of hydrogen-bond donors (Lipinski definition) is 0. The van der Waals surface area contributed by atoms with E-state index >= 15 is 0 Å². The Labute approximate surface area is 91.6 Å². The summed E-state index contributed by atoms with van der Waals surface area (Å²) < 4.78 is 0. The van der Waals surface area contributed by atoms with Crippen molar-refractivity contribution in [3.05, 3.63) is 65.3 Å². The molecule has 0 nitrogen and oxygen atoms in total. The summed E-state index contributed by atoms with van der Waals surface area (Å²) in [5, 5.41) is 0. The summed E-state index contributed by atoms with van der Waals surface area (Å²) in [6.45, 7) is 2.18. The van der Waals surface area contributed by atoms with Gasteiger partial charge in [0.2, 0.25) is 0 Å². The molecule has 15 heavy (non-hydrogen) atoms. The van der Waals surface area contributed by atoms with Crippen molar-refractivity contribution in [2.75, 3.05) is 0 Å². The fraction of sp³-hybridized carbons (Fsp3) is 0.200. The third-order valence-electron chi connectivity index (χ3n) is 2.58. The molecule has 0 N–H and O–H groups in total. The van der Waals surface area contributed by atoms with Gasteiger partial charge in [-0.2, -0.15) is 0 Å². The van der Waals surface area contributed by atoms with Crippen molar-refractivity contribution in [2.24, 2.45) is 0 Å². The zero-order chi connectivity index (χ0) is 10.5. The molecular formula is C15H16. The Balaban J connectivity index is 0.000000144. The fourth-order valence-corrected chi connectivity index (χ4v) is 1.85. The van der Waals surface area contributed by atoms with Gasteiger partial charge in [0.15, 0.2) is 0 Å². The summed E-state index contributed by atoms with van der Waals surface area (Å²) in [5.41, 5.74) is 4.35. The van der Waals surface area contributed by atoms with Crippen molar-refractivity contribution >= 4 is 6.08 Å². The van der Waals surface area contributed by atoms with Crippen LogP contribution in [0.15, 0.2) is 54.1 Å². The van der Waals surface area contributed by atoms with Crippen LogP contribution in [-0.4, -0.2) is 0 Å². The Bertz CT molecular complexity index is 409. The van der Waals surface area contributed by atoms with E-state index in [1.165, 1.54) is 16.7 Å². The highest BCUT2D eigenvalue weighted by Crippen LogP contribution is 2.23. The number of hydrogen-bond acceptors (Lipinski definition) is 0. The van der Waals surface area contributed by atoms with Crippen molar-refractivity contribution in [2.45, 2.75) is 19.8 Å². The monoisotopic (exact) mass is 196 g/mol.